The molecule has 0 saturated carbocycles. The number of hydrogen-bond acceptors (Lipinski definition) is 3. The van der Waals surface area contributed by atoms with Crippen molar-refractivity contribution in [2.75, 3.05) is 20.2 Å². The molecule has 1 aliphatic rings. The van der Waals surface area contributed by atoms with Gasteiger partial charge in [0, 0.05) is 41.3 Å². The molecule has 0 spiro atoms. The van der Waals surface area contributed by atoms with E-state index in [1.165, 1.54) is 0 Å². The molecule has 1 fully saturated rings. The molecule has 1 aromatic carbocycles. The number of halogens is 1. The van der Waals surface area contributed by atoms with Crippen LogP contribution in [0.2, 0.25) is 5.02 Å². The second-order valence-corrected chi connectivity index (χ2v) is 7.33. The SMILES string of the molecule is CCC1(C)CN(Cc2cc(Cl)ccc2OC)C(C)(C)CN1. The van der Waals surface area contributed by atoms with Crippen molar-refractivity contribution < 1.29 is 4.74 Å². The summed E-state index contributed by atoms with van der Waals surface area (Å²) in [6, 6.07) is 5.84. The van der Waals surface area contributed by atoms with Crippen molar-refractivity contribution in [3.05, 3.63) is 28.8 Å². The Labute approximate surface area is 133 Å². The van der Waals surface area contributed by atoms with Gasteiger partial charge in [0.2, 0.25) is 0 Å². The molecule has 4 heteroatoms. The molecular formula is C17H27ClN2O. The van der Waals surface area contributed by atoms with Gasteiger partial charge in [-0.25, -0.2) is 0 Å². The maximum Gasteiger partial charge on any atom is 0.123 e. The summed E-state index contributed by atoms with van der Waals surface area (Å²) < 4.78 is 5.49. The zero-order valence-electron chi connectivity index (χ0n) is 13.8. The largest absolute Gasteiger partial charge is 0.496 e. The van der Waals surface area contributed by atoms with Crippen LogP contribution in [-0.4, -0.2) is 36.2 Å². The Morgan fingerprint density at radius 2 is 2.05 bits per heavy atom. The molecule has 0 radical (unpaired) electrons. The van der Waals surface area contributed by atoms with Crippen LogP contribution in [0.15, 0.2) is 18.2 Å². The fourth-order valence-corrected chi connectivity index (χ4v) is 3.01. The van der Waals surface area contributed by atoms with E-state index in [0.29, 0.717) is 0 Å². The van der Waals surface area contributed by atoms with E-state index in [1.807, 2.05) is 18.2 Å². The zero-order chi connectivity index (χ0) is 15.7. The average molecular weight is 311 g/mol. The third-order valence-electron chi connectivity index (χ3n) is 4.73. The Bertz CT molecular complexity index is 504. The van der Waals surface area contributed by atoms with Crippen molar-refractivity contribution in [3.8, 4) is 5.75 Å². The van der Waals surface area contributed by atoms with E-state index in [4.69, 9.17) is 16.3 Å². The Morgan fingerprint density at radius 1 is 1.33 bits per heavy atom. The Hall–Kier alpha value is -0.770. The van der Waals surface area contributed by atoms with Gasteiger partial charge in [0.25, 0.3) is 0 Å². The smallest absolute Gasteiger partial charge is 0.123 e. The number of nitrogens with one attached hydrogen (secondary N) is 1. The normalized spacial score (nSPS) is 25.8. The molecule has 118 valence electrons. The third kappa shape index (κ3) is 3.71. The van der Waals surface area contributed by atoms with Gasteiger partial charge >= 0.3 is 0 Å². The quantitative estimate of drug-likeness (QED) is 0.917. The molecule has 0 amide bonds. The molecule has 1 saturated heterocycles. The van der Waals surface area contributed by atoms with Gasteiger partial charge in [-0.05, 0) is 45.4 Å². The lowest BCUT2D eigenvalue weighted by Gasteiger charge is -2.51. The fourth-order valence-electron chi connectivity index (χ4n) is 2.82. The van der Waals surface area contributed by atoms with Gasteiger partial charge in [-0.3, -0.25) is 4.90 Å². The second kappa shape index (κ2) is 6.15. The lowest BCUT2D eigenvalue weighted by atomic mass is 9.88. The number of rotatable bonds is 4. The molecule has 0 aliphatic carbocycles. The molecule has 1 aliphatic heterocycles. The first-order valence-electron chi connectivity index (χ1n) is 7.62. The van der Waals surface area contributed by atoms with Gasteiger partial charge < -0.3 is 10.1 Å². The number of methoxy groups -OCH3 is 1. The molecule has 0 aromatic heterocycles. The topological polar surface area (TPSA) is 24.5 Å². The van der Waals surface area contributed by atoms with Crippen LogP contribution >= 0.6 is 11.6 Å². The summed E-state index contributed by atoms with van der Waals surface area (Å²) in [6.07, 6.45) is 1.12. The van der Waals surface area contributed by atoms with Crippen LogP contribution in [0, 0.1) is 0 Å². The minimum Gasteiger partial charge on any atom is -0.496 e. The summed E-state index contributed by atoms with van der Waals surface area (Å²) >= 11 is 6.16. The van der Waals surface area contributed by atoms with Crippen molar-refractivity contribution in [1.82, 2.24) is 10.2 Å². The molecule has 1 atom stereocenters. The van der Waals surface area contributed by atoms with E-state index in [9.17, 15) is 0 Å². The summed E-state index contributed by atoms with van der Waals surface area (Å²) in [4.78, 5) is 2.53. The maximum absolute atomic E-state index is 6.16. The molecule has 2 rings (SSSR count). The summed E-state index contributed by atoms with van der Waals surface area (Å²) in [6.45, 7) is 12.0. The predicted molar refractivity (Wildman–Crippen MR) is 89.2 cm³/mol. The number of nitrogens with zero attached hydrogens (tertiary/aromatic N) is 1. The Kier molecular flexibility index (Phi) is 4.86. The lowest BCUT2D eigenvalue weighted by Crippen LogP contribution is -2.66. The van der Waals surface area contributed by atoms with Crippen molar-refractivity contribution >= 4 is 11.6 Å². The van der Waals surface area contributed by atoms with Crippen LogP contribution < -0.4 is 10.1 Å². The molecule has 21 heavy (non-hydrogen) atoms. The Morgan fingerprint density at radius 3 is 2.67 bits per heavy atom. The van der Waals surface area contributed by atoms with Crippen molar-refractivity contribution in [2.24, 2.45) is 0 Å². The first-order chi connectivity index (χ1) is 9.79. The van der Waals surface area contributed by atoms with E-state index in [1.54, 1.807) is 7.11 Å². The van der Waals surface area contributed by atoms with Crippen LogP contribution in [0.5, 0.6) is 5.75 Å². The van der Waals surface area contributed by atoms with Gasteiger partial charge in [0.05, 0.1) is 7.11 Å². The van der Waals surface area contributed by atoms with Crippen LogP contribution in [-0.2, 0) is 6.54 Å². The number of piperazine rings is 1. The molecule has 1 unspecified atom stereocenters. The number of ether oxygens (including phenoxy) is 1. The third-order valence-corrected chi connectivity index (χ3v) is 4.96. The van der Waals surface area contributed by atoms with Gasteiger partial charge in [0.1, 0.15) is 5.75 Å². The van der Waals surface area contributed by atoms with Gasteiger partial charge in [-0.1, -0.05) is 18.5 Å². The van der Waals surface area contributed by atoms with Gasteiger partial charge in [-0.2, -0.15) is 0 Å². The van der Waals surface area contributed by atoms with Crippen molar-refractivity contribution in [2.45, 2.75) is 51.7 Å². The molecule has 1 N–H and O–H groups in total. The standard InChI is InChI=1S/C17H27ClN2O/c1-6-17(4)12-20(16(2,3)11-19-17)10-13-9-14(18)7-8-15(13)21-5/h7-9,19H,6,10-12H2,1-5H3. The average Bonchev–Trinajstić information content (AvgIpc) is 2.44. The van der Waals surface area contributed by atoms with E-state index >= 15 is 0 Å². The summed E-state index contributed by atoms with van der Waals surface area (Å²) in [5.74, 6) is 0.909. The highest BCUT2D eigenvalue weighted by Crippen LogP contribution is 2.30. The minimum atomic E-state index is 0.113. The first-order valence-corrected chi connectivity index (χ1v) is 8.00. The van der Waals surface area contributed by atoms with Gasteiger partial charge in [0.15, 0.2) is 0 Å². The molecular weight excluding hydrogens is 284 g/mol. The Balaban J connectivity index is 2.25. The van der Waals surface area contributed by atoms with E-state index < -0.39 is 0 Å². The minimum absolute atomic E-state index is 0.113. The summed E-state index contributed by atoms with van der Waals surface area (Å²) in [5.41, 5.74) is 1.43. The van der Waals surface area contributed by atoms with Crippen molar-refractivity contribution in [3.63, 3.8) is 0 Å². The van der Waals surface area contributed by atoms with Crippen LogP contribution in [0.25, 0.3) is 0 Å². The monoisotopic (exact) mass is 310 g/mol. The van der Waals surface area contributed by atoms with Crippen molar-refractivity contribution in [1.29, 1.82) is 0 Å². The van der Waals surface area contributed by atoms with E-state index in [2.05, 4.69) is 37.9 Å². The van der Waals surface area contributed by atoms with Crippen LogP contribution in [0.1, 0.15) is 39.7 Å². The maximum atomic E-state index is 6.16. The second-order valence-electron chi connectivity index (χ2n) is 6.89. The number of benzene rings is 1. The molecule has 3 nitrogen and oxygen atoms in total. The van der Waals surface area contributed by atoms with Crippen LogP contribution in [0.4, 0.5) is 0 Å². The molecule has 1 aromatic rings. The predicted octanol–water partition coefficient (Wildman–Crippen LogP) is 3.70. The fraction of sp³-hybridized carbons (Fsp3) is 0.647. The van der Waals surface area contributed by atoms with E-state index in [0.717, 1.165) is 42.4 Å². The zero-order valence-corrected chi connectivity index (χ0v) is 14.5. The highest BCUT2D eigenvalue weighted by molar-refractivity contribution is 6.30. The summed E-state index contributed by atoms with van der Waals surface area (Å²) in [7, 11) is 1.71. The highest BCUT2D eigenvalue weighted by Gasteiger charge is 2.39. The first kappa shape index (κ1) is 16.6. The van der Waals surface area contributed by atoms with Crippen LogP contribution in [0.3, 0.4) is 0 Å². The molecule has 1 heterocycles. The van der Waals surface area contributed by atoms with Gasteiger partial charge in [-0.15, -0.1) is 0 Å². The van der Waals surface area contributed by atoms with E-state index in [-0.39, 0.29) is 11.1 Å². The lowest BCUT2D eigenvalue weighted by molar-refractivity contribution is 0.0241. The molecule has 0 bridgehead atoms. The summed E-state index contributed by atoms with van der Waals surface area (Å²) in [5, 5.41) is 4.45. The highest BCUT2D eigenvalue weighted by atomic mass is 35.5. The number of hydrogen-bond donors (Lipinski definition) is 1.